The number of aromatic nitrogens is 3. The van der Waals surface area contributed by atoms with Gasteiger partial charge in [0.1, 0.15) is 0 Å². The summed E-state index contributed by atoms with van der Waals surface area (Å²) in [4.78, 5) is 8.79. The van der Waals surface area contributed by atoms with Crippen molar-refractivity contribution in [3.63, 3.8) is 0 Å². The first-order valence-electron chi connectivity index (χ1n) is 10.1. The van der Waals surface area contributed by atoms with E-state index in [1.165, 1.54) is 48.6 Å². The van der Waals surface area contributed by atoms with Crippen molar-refractivity contribution >= 4 is 59.6 Å². The molecule has 7 rings (SSSR count). The second kappa shape index (κ2) is 5.89. The van der Waals surface area contributed by atoms with Gasteiger partial charge in [0, 0.05) is 33.9 Å². The lowest BCUT2D eigenvalue weighted by molar-refractivity contribution is 1.27. The molecule has 0 aliphatic carbocycles. The first-order valence-corrected chi connectivity index (χ1v) is 10.1. The van der Waals surface area contributed by atoms with E-state index in [0.717, 1.165) is 11.0 Å². The maximum Gasteiger partial charge on any atom is 0.0725 e. The maximum atomic E-state index is 4.40. The van der Waals surface area contributed by atoms with E-state index in [1.807, 2.05) is 38.6 Å². The predicted molar refractivity (Wildman–Crippen MR) is 123 cm³/mol. The van der Waals surface area contributed by atoms with E-state index in [1.54, 1.807) is 0 Å². The number of benzene rings is 3. The van der Waals surface area contributed by atoms with Crippen LogP contribution in [0, 0.1) is 0 Å². The van der Waals surface area contributed by atoms with E-state index < -0.39 is 0 Å². The highest BCUT2D eigenvalue weighted by Gasteiger charge is 2.20. The van der Waals surface area contributed by atoms with Crippen LogP contribution in [0.1, 0.15) is 13.8 Å². The fourth-order valence-electron chi connectivity index (χ4n) is 4.79. The van der Waals surface area contributed by atoms with E-state index in [4.69, 9.17) is 0 Å². The zero-order valence-corrected chi connectivity index (χ0v) is 16.3. The monoisotopic (exact) mass is 373 g/mol. The Hall–Kier alpha value is -3.72. The Kier molecular flexibility index (Phi) is 3.30. The second-order valence-electron chi connectivity index (χ2n) is 7.15. The third-order valence-corrected chi connectivity index (χ3v) is 5.89. The van der Waals surface area contributed by atoms with E-state index in [0.29, 0.717) is 0 Å². The van der Waals surface area contributed by atoms with Crippen molar-refractivity contribution in [2.24, 2.45) is 0 Å². The molecule has 0 aliphatic heterocycles. The van der Waals surface area contributed by atoms with Crippen molar-refractivity contribution in [2.45, 2.75) is 13.8 Å². The van der Waals surface area contributed by atoms with Gasteiger partial charge < -0.3 is 4.40 Å². The Labute approximate surface area is 167 Å². The van der Waals surface area contributed by atoms with Crippen LogP contribution in [0.25, 0.3) is 59.6 Å². The summed E-state index contributed by atoms with van der Waals surface area (Å²) in [7, 11) is 0. The number of fused-ring (bicyclic) bond motifs is 10. The highest BCUT2D eigenvalue weighted by atomic mass is 14.9. The van der Waals surface area contributed by atoms with Gasteiger partial charge in [0.25, 0.3) is 0 Å². The zero-order chi connectivity index (χ0) is 19.5. The van der Waals surface area contributed by atoms with Crippen molar-refractivity contribution in [1.29, 1.82) is 0 Å². The molecular formula is C26H19N3. The summed E-state index contributed by atoms with van der Waals surface area (Å²) in [5, 5.41) is 10.2. The molecule has 7 aromatic rings. The van der Waals surface area contributed by atoms with E-state index in [2.05, 4.69) is 69.0 Å². The van der Waals surface area contributed by atoms with Crippen molar-refractivity contribution in [3.05, 3.63) is 79.4 Å². The summed E-state index contributed by atoms with van der Waals surface area (Å²) in [6.45, 7) is 4.00. The molecule has 138 valence electrons. The molecule has 4 heterocycles. The Morgan fingerprint density at radius 1 is 0.621 bits per heavy atom. The Bertz CT molecular complexity index is 1670. The number of hydrogen-bond donors (Lipinski definition) is 0. The van der Waals surface area contributed by atoms with Gasteiger partial charge in [-0.3, -0.25) is 9.97 Å². The maximum absolute atomic E-state index is 4.40. The Balaban J connectivity index is 0.000000803. The van der Waals surface area contributed by atoms with Crippen LogP contribution in [0.3, 0.4) is 0 Å². The molecule has 0 bridgehead atoms. The normalized spacial score (nSPS) is 11.8. The first-order chi connectivity index (χ1) is 14.4. The number of rotatable bonds is 0. The Morgan fingerprint density at radius 3 is 2.17 bits per heavy atom. The largest absolute Gasteiger partial charge is 0.305 e. The fraction of sp³-hybridized carbons (Fsp3) is 0.0769. The molecule has 3 nitrogen and oxygen atoms in total. The predicted octanol–water partition coefficient (Wildman–Crippen LogP) is 6.96. The van der Waals surface area contributed by atoms with Crippen molar-refractivity contribution in [1.82, 2.24) is 14.4 Å². The summed E-state index contributed by atoms with van der Waals surface area (Å²) in [6.07, 6.45) is 7.69. The summed E-state index contributed by atoms with van der Waals surface area (Å²) in [5.41, 5.74) is 3.55. The van der Waals surface area contributed by atoms with Crippen LogP contribution in [-0.4, -0.2) is 14.4 Å². The van der Waals surface area contributed by atoms with Crippen LogP contribution >= 0.6 is 0 Å². The average Bonchev–Trinajstić information content (AvgIpc) is 3.31. The van der Waals surface area contributed by atoms with E-state index in [-0.39, 0.29) is 0 Å². The van der Waals surface area contributed by atoms with Crippen LogP contribution in [0.4, 0.5) is 0 Å². The third-order valence-electron chi connectivity index (χ3n) is 5.89. The lowest BCUT2D eigenvalue weighted by Gasteiger charge is -2.06. The minimum absolute atomic E-state index is 1.14. The van der Waals surface area contributed by atoms with Crippen LogP contribution in [0.2, 0.25) is 0 Å². The van der Waals surface area contributed by atoms with Gasteiger partial charge in [0.05, 0.1) is 28.9 Å². The van der Waals surface area contributed by atoms with Gasteiger partial charge in [0.15, 0.2) is 0 Å². The molecule has 4 aromatic heterocycles. The zero-order valence-electron chi connectivity index (χ0n) is 16.3. The third kappa shape index (κ3) is 1.97. The van der Waals surface area contributed by atoms with Crippen LogP contribution in [-0.2, 0) is 0 Å². The SMILES string of the molecule is CC.c1ccc2c(c1)ccc1c2cc2c3ccncc3n3c4cnccc4c1c23. The molecule has 0 unspecified atom stereocenters. The summed E-state index contributed by atoms with van der Waals surface area (Å²) in [5.74, 6) is 0. The Morgan fingerprint density at radius 2 is 1.34 bits per heavy atom. The molecule has 3 heteroatoms. The summed E-state index contributed by atoms with van der Waals surface area (Å²) in [6, 6.07) is 19.7. The van der Waals surface area contributed by atoms with Gasteiger partial charge in [0.2, 0.25) is 0 Å². The molecule has 0 saturated heterocycles. The molecule has 0 aliphatic rings. The topological polar surface area (TPSA) is 30.2 Å². The van der Waals surface area contributed by atoms with Gasteiger partial charge in [-0.1, -0.05) is 50.2 Å². The first kappa shape index (κ1) is 16.3. The fourth-order valence-corrected chi connectivity index (χ4v) is 4.79. The lowest BCUT2D eigenvalue weighted by atomic mass is 9.96. The van der Waals surface area contributed by atoms with Crippen LogP contribution in [0.15, 0.2) is 79.4 Å². The molecule has 0 amide bonds. The average molecular weight is 373 g/mol. The molecule has 3 aromatic carbocycles. The number of hydrogen-bond acceptors (Lipinski definition) is 2. The minimum Gasteiger partial charge on any atom is -0.305 e. The van der Waals surface area contributed by atoms with Gasteiger partial charge in [-0.25, -0.2) is 0 Å². The standard InChI is InChI=1S/C24H13N3.C2H6/c1-2-4-15-14(3-1)5-6-17-19(15)11-20-16-7-9-25-12-21(16)27-22-13-26-10-8-18(22)23(17)24(20)27;1-2/h1-13H;1-2H3. The summed E-state index contributed by atoms with van der Waals surface area (Å²) >= 11 is 0. The number of pyridine rings is 2. The highest BCUT2D eigenvalue weighted by Crippen LogP contribution is 2.43. The van der Waals surface area contributed by atoms with Crippen LogP contribution < -0.4 is 0 Å². The molecule has 0 radical (unpaired) electrons. The van der Waals surface area contributed by atoms with E-state index in [9.17, 15) is 0 Å². The van der Waals surface area contributed by atoms with Gasteiger partial charge >= 0.3 is 0 Å². The van der Waals surface area contributed by atoms with Crippen molar-refractivity contribution in [2.75, 3.05) is 0 Å². The number of nitrogens with zero attached hydrogens (tertiary/aromatic N) is 3. The smallest absolute Gasteiger partial charge is 0.0725 e. The highest BCUT2D eigenvalue weighted by molar-refractivity contribution is 6.33. The molecular weight excluding hydrogens is 354 g/mol. The minimum atomic E-state index is 1.14. The van der Waals surface area contributed by atoms with Gasteiger partial charge in [-0.2, -0.15) is 0 Å². The molecule has 0 spiro atoms. The lowest BCUT2D eigenvalue weighted by Crippen LogP contribution is -1.81. The summed E-state index contributed by atoms with van der Waals surface area (Å²) < 4.78 is 2.32. The quantitative estimate of drug-likeness (QED) is 0.269. The van der Waals surface area contributed by atoms with Crippen LogP contribution in [0.5, 0.6) is 0 Å². The van der Waals surface area contributed by atoms with Crippen molar-refractivity contribution in [3.8, 4) is 0 Å². The van der Waals surface area contributed by atoms with Gasteiger partial charge in [-0.15, -0.1) is 0 Å². The molecule has 0 saturated carbocycles. The molecule has 0 atom stereocenters. The van der Waals surface area contributed by atoms with Crippen molar-refractivity contribution < 1.29 is 0 Å². The second-order valence-corrected chi connectivity index (χ2v) is 7.15. The molecule has 0 fully saturated rings. The van der Waals surface area contributed by atoms with Gasteiger partial charge in [-0.05, 0) is 39.7 Å². The van der Waals surface area contributed by atoms with E-state index >= 15 is 0 Å². The molecule has 29 heavy (non-hydrogen) atoms. The molecule has 0 N–H and O–H groups in total.